The van der Waals surface area contributed by atoms with Crippen LogP contribution in [0, 0.1) is 12.4 Å². The average molecular weight is 573 g/mol. The van der Waals surface area contributed by atoms with Crippen LogP contribution in [0.2, 0.25) is 0 Å². The topological polar surface area (TPSA) is 140 Å². The number of rotatable bonds is 8. The molecule has 5 rings (SSSR count). The summed E-state index contributed by atoms with van der Waals surface area (Å²) in [5, 5.41) is 23.5. The van der Waals surface area contributed by atoms with Crippen molar-refractivity contribution in [3.63, 3.8) is 0 Å². The molecular formula is C27H35FN10O3. The number of hydrogen-bond donors (Lipinski definition) is 3. The zero-order valence-electron chi connectivity index (χ0n) is 29.2. The summed E-state index contributed by atoms with van der Waals surface area (Å²) in [4.78, 5) is 25.9. The summed E-state index contributed by atoms with van der Waals surface area (Å²) in [6.07, 6.45) is -3.84. The van der Waals surface area contributed by atoms with E-state index in [0.29, 0.717) is 0 Å². The molecule has 0 saturated carbocycles. The van der Waals surface area contributed by atoms with Crippen LogP contribution in [0.1, 0.15) is 61.5 Å². The second-order valence-corrected chi connectivity index (χ2v) is 11.2. The highest BCUT2D eigenvalue weighted by Gasteiger charge is 2.43. The van der Waals surface area contributed by atoms with Crippen molar-refractivity contribution in [3.05, 3.63) is 46.0 Å². The molecule has 2 saturated heterocycles. The number of tetrazole rings is 1. The fourth-order valence-electron chi connectivity index (χ4n) is 4.80. The molecule has 13 nitrogen and oxygen atoms in total. The van der Waals surface area contributed by atoms with Crippen molar-refractivity contribution in [2.24, 2.45) is 7.05 Å². The molecule has 0 spiro atoms. The van der Waals surface area contributed by atoms with Gasteiger partial charge in [-0.25, -0.2) is 24.0 Å². The Balaban J connectivity index is 1.46. The highest BCUT2D eigenvalue weighted by Crippen LogP contribution is 2.39. The maximum absolute atomic E-state index is 15.4. The third kappa shape index (κ3) is 6.01. The molecule has 2 atom stereocenters. The molecule has 2 fully saturated rings. The van der Waals surface area contributed by atoms with E-state index < -0.39 is 54.0 Å². The van der Waals surface area contributed by atoms with E-state index in [9.17, 15) is 9.90 Å². The molecule has 41 heavy (non-hydrogen) atoms. The smallest absolute Gasteiger partial charge is 0.368 e. The monoisotopic (exact) mass is 572 g/mol. The van der Waals surface area contributed by atoms with Crippen LogP contribution in [0.5, 0.6) is 5.75 Å². The van der Waals surface area contributed by atoms with E-state index in [2.05, 4.69) is 35.9 Å². The van der Waals surface area contributed by atoms with Gasteiger partial charge in [0.2, 0.25) is 11.6 Å². The summed E-state index contributed by atoms with van der Waals surface area (Å²) in [7, 11) is 1.38. The number of hydrogen-bond acceptors (Lipinski definition) is 10. The van der Waals surface area contributed by atoms with Gasteiger partial charge in [0, 0.05) is 45.2 Å². The van der Waals surface area contributed by atoms with Crippen molar-refractivity contribution in [2.75, 3.05) is 23.7 Å². The largest absolute Gasteiger partial charge is 0.488 e. The molecule has 218 valence electrons. The molecule has 0 bridgehead atoms. The van der Waals surface area contributed by atoms with Crippen molar-refractivity contribution in [1.82, 2.24) is 34.7 Å². The Hall–Kier alpha value is -4.09. The van der Waals surface area contributed by atoms with Gasteiger partial charge in [-0.15, -0.1) is 0 Å². The Morgan fingerprint density at radius 1 is 1.37 bits per heavy atom. The number of benzene rings is 1. The van der Waals surface area contributed by atoms with Crippen LogP contribution < -0.4 is 21.1 Å². The molecule has 0 radical (unpaired) electrons. The Morgan fingerprint density at radius 2 is 2.15 bits per heavy atom. The highest BCUT2D eigenvalue weighted by molar-refractivity contribution is 5.69. The van der Waals surface area contributed by atoms with Crippen molar-refractivity contribution in [1.29, 1.82) is 0 Å². The van der Waals surface area contributed by atoms with Gasteiger partial charge in [0.05, 0.1) is 17.9 Å². The number of nitrogens with one attached hydrogen (secondary N) is 2. The minimum atomic E-state index is -2.79. The summed E-state index contributed by atoms with van der Waals surface area (Å²) < 4.78 is 73.6. The van der Waals surface area contributed by atoms with Gasteiger partial charge in [0.25, 0.3) is 0 Å². The fourth-order valence-corrected chi connectivity index (χ4v) is 4.80. The molecular weight excluding hydrogens is 531 g/mol. The molecule has 0 amide bonds. The Bertz CT molecular complexity index is 1800. The molecule has 14 heteroatoms. The first-order valence-corrected chi connectivity index (χ1v) is 12.9. The van der Waals surface area contributed by atoms with Crippen molar-refractivity contribution in [2.45, 2.75) is 76.5 Å². The van der Waals surface area contributed by atoms with E-state index in [1.807, 2.05) is 0 Å². The van der Waals surface area contributed by atoms with Gasteiger partial charge < -0.3 is 20.5 Å². The number of aliphatic hydroxyl groups is 1. The molecule has 4 heterocycles. The molecule has 0 unspecified atom stereocenters. The van der Waals surface area contributed by atoms with Crippen LogP contribution in [0.25, 0.3) is 10.5 Å². The molecule has 3 aromatic rings. The zero-order chi connectivity index (χ0) is 34.9. The molecule has 2 aromatic heterocycles. The zero-order valence-corrected chi connectivity index (χ0v) is 23.2. The fraction of sp³-hybridized carbons (Fsp3) is 0.556. The lowest BCUT2D eigenvalue weighted by molar-refractivity contribution is 0.0283. The molecule has 0 aliphatic carbocycles. The Labute approximate surface area is 245 Å². The summed E-state index contributed by atoms with van der Waals surface area (Å²) in [6, 6.07) is 0.555. The molecule has 1 aromatic carbocycles. The number of aromatic nitrogens is 6. The van der Waals surface area contributed by atoms with Gasteiger partial charge in [0.15, 0.2) is 5.82 Å². The van der Waals surface area contributed by atoms with Crippen LogP contribution in [0.15, 0.2) is 23.1 Å². The van der Waals surface area contributed by atoms with Crippen molar-refractivity contribution < 1.29 is 22.5 Å². The summed E-state index contributed by atoms with van der Waals surface area (Å²) in [5.41, 5.74) is -3.08. The van der Waals surface area contributed by atoms with Gasteiger partial charge in [-0.3, -0.25) is 4.90 Å². The van der Waals surface area contributed by atoms with E-state index in [1.165, 1.54) is 38.1 Å². The summed E-state index contributed by atoms with van der Waals surface area (Å²) in [5.74, 6) is -1.02. The summed E-state index contributed by atoms with van der Waals surface area (Å²) in [6.45, 7) is 11.2. The average Bonchev–Trinajstić information content (AvgIpc) is 3.33. The standard InChI is InChI=1S/C27H35FN10O3/c1-26(2)13-16(10-17-8-7-9-37(17)26)31-23-20(29-5)14-30-24(33-23)32-19-12-21(38-25(39)36(6)34-35-38)22(11-18(19)28)41-15-27(3,4)40/h11-12,14,16-17,40H,7-10,13,15H2,1-4,6H3,(H2,30,31,32,33)/t16-,17+/m1/s1/i7D2,8D2,9D2. The normalized spacial score (nSPS) is 26.2. The molecule has 2 aliphatic rings. The van der Waals surface area contributed by atoms with Crippen LogP contribution in [-0.2, 0) is 7.05 Å². The highest BCUT2D eigenvalue weighted by atomic mass is 19.1. The van der Waals surface area contributed by atoms with Crippen molar-refractivity contribution in [3.8, 4) is 11.4 Å². The lowest BCUT2D eigenvalue weighted by Crippen LogP contribution is -2.55. The first kappa shape index (κ1) is 21.6. The molecule has 3 N–H and O–H groups in total. The summed E-state index contributed by atoms with van der Waals surface area (Å²) >= 11 is 0. The number of halogens is 1. The van der Waals surface area contributed by atoms with E-state index in [1.54, 1.807) is 13.8 Å². The van der Waals surface area contributed by atoms with Gasteiger partial charge in [-0.1, -0.05) is 0 Å². The maximum Gasteiger partial charge on any atom is 0.368 e. The number of piperidine rings is 1. The maximum atomic E-state index is 15.4. The Kier molecular flexibility index (Phi) is 5.65. The predicted molar refractivity (Wildman–Crippen MR) is 150 cm³/mol. The van der Waals surface area contributed by atoms with Gasteiger partial charge in [0.1, 0.15) is 23.9 Å². The lowest BCUT2D eigenvalue weighted by atomic mass is 9.84. The quantitative estimate of drug-likeness (QED) is 0.345. The first-order valence-electron chi connectivity index (χ1n) is 15.9. The van der Waals surface area contributed by atoms with E-state index in [-0.39, 0.29) is 54.0 Å². The van der Waals surface area contributed by atoms with E-state index in [4.69, 9.17) is 19.5 Å². The number of aryl methyl sites for hydroxylation is 1. The van der Waals surface area contributed by atoms with E-state index in [0.717, 1.165) is 15.4 Å². The van der Waals surface area contributed by atoms with E-state index >= 15 is 4.39 Å². The third-order valence-electron chi connectivity index (χ3n) is 6.69. The second kappa shape index (κ2) is 10.7. The minimum Gasteiger partial charge on any atom is -0.488 e. The van der Waals surface area contributed by atoms with Gasteiger partial charge in [-0.05, 0) is 76.3 Å². The number of anilines is 3. The number of fused-ring (bicyclic) bond motifs is 1. The number of ether oxygens (including phenoxy) is 1. The van der Waals surface area contributed by atoms with Gasteiger partial charge in [-0.2, -0.15) is 9.36 Å². The second-order valence-electron chi connectivity index (χ2n) is 11.2. The number of nitrogens with zero attached hydrogens (tertiary/aromatic N) is 8. The van der Waals surface area contributed by atoms with Crippen LogP contribution in [0.3, 0.4) is 0 Å². The lowest BCUT2D eigenvalue weighted by Gasteiger charge is -2.48. The SMILES string of the molecule is [2H]C1([2H])[C@H]2C[C@@H](Nc3nc(Nc4cc(-n5nnn(C)c5=O)c(OCC(C)(C)O)cc4F)ncc3[N+]#[C-])CC(C)(C)N2C([2H])([2H])C1([2H])[2H]. The Morgan fingerprint density at radius 3 is 2.83 bits per heavy atom. The first-order chi connectivity index (χ1) is 21.6. The third-order valence-corrected chi connectivity index (χ3v) is 6.69. The van der Waals surface area contributed by atoms with Crippen LogP contribution >= 0.6 is 0 Å². The minimum absolute atomic E-state index is 0.00642. The van der Waals surface area contributed by atoms with Gasteiger partial charge >= 0.3 is 5.69 Å². The molecule has 2 aliphatic heterocycles. The predicted octanol–water partition coefficient (Wildman–Crippen LogP) is 3.16. The van der Waals surface area contributed by atoms with Crippen LogP contribution in [0.4, 0.5) is 27.5 Å². The van der Waals surface area contributed by atoms with Crippen molar-refractivity contribution >= 4 is 23.1 Å². The van der Waals surface area contributed by atoms with Crippen LogP contribution in [-0.4, -0.2) is 76.1 Å².